The molecule has 1 rings (SSSR count). The minimum atomic E-state index is 0.346. The summed E-state index contributed by atoms with van der Waals surface area (Å²) in [5.74, 6) is 0. The van der Waals surface area contributed by atoms with E-state index >= 15 is 0 Å². The molecule has 1 aliphatic carbocycles. The zero-order chi connectivity index (χ0) is 9.19. The topological polar surface area (TPSA) is 35.2 Å². The van der Waals surface area contributed by atoms with Crippen LogP contribution in [0, 0.1) is 5.41 Å². The van der Waals surface area contributed by atoms with Crippen molar-refractivity contribution in [1.29, 1.82) is 0 Å². The van der Waals surface area contributed by atoms with Gasteiger partial charge in [0.15, 0.2) is 0 Å². The van der Waals surface area contributed by atoms with Gasteiger partial charge in [-0.25, -0.2) is 0 Å². The quantitative estimate of drug-likeness (QED) is 0.704. The van der Waals surface area contributed by atoms with Crippen molar-refractivity contribution < 1.29 is 4.74 Å². The molecule has 2 heteroatoms. The minimum Gasteiger partial charge on any atom is -0.378 e. The smallest absolute Gasteiger partial charge is 0.0523 e. The molecule has 0 aromatic heterocycles. The first-order valence-electron chi connectivity index (χ1n) is 4.89. The second kappa shape index (κ2) is 3.75. The van der Waals surface area contributed by atoms with Crippen molar-refractivity contribution in [1.82, 2.24) is 0 Å². The highest BCUT2D eigenvalue weighted by atomic mass is 16.5. The average molecular weight is 171 g/mol. The molecule has 0 aromatic rings. The monoisotopic (exact) mass is 171 g/mol. The predicted octanol–water partition coefficient (Wildman–Crippen LogP) is 1.93. The van der Waals surface area contributed by atoms with Crippen molar-refractivity contribution in [3.8, 4) is 0 Å². The zero-order valence-electron chi connectivity index (χ0n) is 8.47. The Kier molecular flexibility index (Phi) is 3.13. The lowest BCUT2D eigenvalue weighted by Crippen LogP contribution is -2.25. The summed E-state index contributed by atoms with van der Waals surface area (Å²) in [6, 6.07) is 0.408. The normalized spacial score (nSPS) is 36.2. The summed E-state index contributed by atoms with van der Waals surface area (Å²) in [6.45, 7) is 7.32. The van der Waals surface area contributed by atoms with Gasteiger partial charge >= 0.3 is 0 Å². The molecule has 0 amide bonds. The summed E-state index contributed by atoms with van der Waals surface area (Å²) in [6.07, 6.45) is 3.86. The third-order valence-electron chi connectivity index (χ3n) is 2.64. The van der Waals surface area contributed by atoms with E-state index in [1.807, 2.05) is 0 Å². The molecule has 0 saturated heterocycles. The highest BCUT2D eigenvalue weighted by molar-refractivity contribution is 4.87. The van der Waals surface area contributed by atoms with Crippen LogP contribution in [0.2, 0.25) is 0 Å². The lowest BCUT2D eigenvalue weighted by Gasteiger charge is -2.24. The Hall–Kier alpha value is -0.0800. The van der Waals surface area contributed by atoms with E-state index in [-0.39, 0.29) is 0 Å². The molecule has 0 aromatic carbocycles. The minimum absolute atomic E-state index is 0.346. The standard InChI is InChI=1S/C10H21NO/c1-8(2)12-7-10(3)5-4-9(11)6-10/h8-9H,4-7,11H2,1-3H3. The van der Waals surface area contributed by atoms with Gasteiger partial charge in [-0.05, 0) is 38.5 Å². The summed E-state index contributed by atoms with van der Waals surface area (Å²) in [7, 11) is 0. The molecule has 0 heterocycles. The first-order valence-corrected chi connectivity index (χ1v) is 4.89. The van der Waals surface area contributed by atoms with E-state index < -0.39 is 0 Å². The molecule has 0 radical (unpaired) electrons. The fourth-order valence-electron chi connectivity index (χ4n) is 1.87. The third kappa shape index (κ3) is 2.76. The van der Waals surface area contributed by atoms with Crippen LogP contribution in [0.25, 0.3) is 0 Å². The van der Waals surface area contributed by atoms with Crippen molar-refractivity contribution in [3.05, 3.63) is 0 Å². The van der Waals surface area contributed by atoms with Crippen LogP contribution in [0.1, 0.15) is 40.0 Å². The Labute approximate surface area is 75.5 Å². The van der Waals surface area contributed by atoms with E-state index in [9.17, 15) is 0 Å². The van der Waals surface area contributed by atoms with Gasteiger partial charge in [0.2, 0.25) is 0 Å². The molecule has 2 atom stereocenters. The molecule has 2 unspecified atom stereocenters. The van der Waals surface area contributed by atoms with E-state index in [0.717, 1.165) is 19.4 Å². The maximum absolute atomic E-state index is 5.86. The molecule has 72 valence electrons. The van der Waals surface area contributed by atoms with Crippen LogP contribution >= 0.6 is 0 Å². The Bertz CT molecular complexity index is 147. The summed E-state index contributed by atoms with van der Waals surface area (Å²) >= 11 is 0. The number of hydrogen-bond acceptors (Lipinski definition) is 2. The number of nitrogens with two attached hydrogens (primary N) is 1. The van der Waals surface area contributed by atoms with E-state index in [0.29, 0.717) is 17.6 Å². The summed E-state index contributed by atoms with van der Waals surface area (Å²) in [5, 5.41) is 0. The van der Waals surface area contributed by atoms with Crippen LogP contribution in [-0.4, -0.2) is 18.8 Å². The zero-order valence-corrected chi connectivity index (χ0v) is 8.47. The lowest BCUT2D eigenvalue weighted by atomic mass is 9.90. The molecule has 2 N–H and O–H groups in total. The van der Waals surface area contributed by atoms with Crippen LogP contribution in [-0.2, 0) is 4.74 Å². The van der Waals surface area contributed by atoms with Crippen molar-refractivity contribution in [2.45, 2.75) is 52.2 Å². The molecular formula is C10H21NO. The Morgan fingerprint density at radius 3 is 2.67 bits per heavy atom. The maximum atomic E-state index is 5.86. The SMILES string of the molecule is CC(C)OCC1(C)CCC(N)C1. The second-order valence-electron chi connectivity index (χ2n) is 4.67. The van der Waals surface area contributed by atoms with E-state index in [1.165, 1.54) is 6.42 Å². The number of ether oxygens (including phenoxy) is 1. The Balaban J connectivity index is 2.30. The maximum Gasteiger partial charge on any atom is 0.0523 e. The van der Waals surface area contributed by atoms with Gasteiger partial charge in [0.25, 0.3) is 0 Å². The summed E-state index contributed by atoms with van der Waals surface area (Å²) < 4.78 is 5.62. The van der Waals surface area contributed by atoms with Crippen molar-refractivity contribution in [2.24, 2.45) is 11.1 Å². The highest BCUT2D eigenvalue weighted by Gasteiger charge is 2.33. The van der Waals surface area contributed by atoms with Crippen LogP contribution in [0.4, 0.5) is 0 Å². The number of hydrogen-bond donors (Lipinski definition) is 1. The molecule has 2 nitrogen and oxygen atoms in total. The first kappa shape index (κ1) is 10.0. The first-order chi connectivity index (χ1) is 5.52. The van der Waals surface area contributed by atoms with Crippen molar-refractivity contribution in [2.75, 3.05) is 6.61 Å². The molecule has 0 bridgehead atoms. The van der Waals surface area contributed by atoms with Gasteiger partial charge in [0, 0.05) is 6.04 Å². The molecule has 12 heavy (non-hydrogen) atoms. The van der Waals surface area contributed by atoms with Gasteiger partial charge in [0.05, 0.1) is 12.7 Å². The average Bonchev–Trinajstić information content (AvgIpc) is 2.29. The van der Waals surface area contributed by atoms with Crippen molar-refractivity contribution >= 4 is 0 Å². The Morgan fingerprint density at radius 1 is 1.58 bits per heavy atom. The van der Waals surface area contributed by atoms with Crippen LogP contribution in [0.3, 0.4) is 0 Å². The van der Waals surface area contributed by atoms with Gasteiger partial charge in [-0.15, -0.1) is 0 Å². The van der Waals surface area contributed by atoms with Crippen molar-refractivity contribution in [3.63, 3.8) is 0 Å². The van der Waals surface area contributed by atoms with Gasteiger partial charge < -0.3 is 10.5 Å². The molecule has 0 spiro atoms. The van der Waals surface area contributed by atoms with Gasteiger partial charge in [-0.3, -0.25) is 0 Å². The van der Waals surface area contributed by atoms with Crippen LogP contribution in [0.5, 0.6) is 0 Å². The van der Waals surface area contributed by atoms with E-state index in [4.69, 9.17) is 10.5 Å². The lowest BCUT2D eigenvalue weighted by molar-refractivity contribution is 0.0164. The molecule has 0 aliphatic heterocycles. The summed E-state index contributed by atoms with van der Waals surface area (Å²) in [4.78, 5) is 0. The van der Waals surface area contributed by atoms with Gasteiger partial charge in [0.1, 0.15) is 0 Å². The van der Waals surface area contributed by atoms with Crippen LogP contribution < -0.4 is 5.73 Å². The third-order valence-corrected chi connectivity index (χ3v) is 2.64. The molecule has 1 aliphatic rings. The molecule has 1 fully saturated rings. The largest absolute Gasteiger partial charge is 0.378 e. The van der Waals surface area contributed by atoms with E-state index in [2.05, 4.69) is 20.8 Å². The highest BCUT2D eigenvalue weighted by Crippen LogP contribution is 2.37. The Morgan fingerprint density at radius 2 is 2.25 bits per heavy atom. The van der Waals surface area contributed by atoms with Crippen LogP contribution in [0.15, 0.2) is 0 Å². The van der Waals surface area contributed by atoms with E-state index in [1.54, 1.807) is 0 Å². The fourth-order valence-corrected chi connectivity index (χ4v) is 1.87. The predicted molar refractivity (Wildman–Crippen MR) is 51.0 cm³/mol. The van der Waals surface area contributed by atoms with Gasteiger partial charge in [-0.1, -0.05) is 6.92 Å². The molecule has 1 saturated carbocycles. The second-order valence-corrected chi connectivity index (χ2v) is 4.67. The fraction of sp³-hybridized carbons (Fsp3) is 1.00. The molecular weight excluding hydrogens is 150 g/mol. The van der Waals surface area contributed by atoms with Gasteiger partial charge in [-0.2, -0.15) is 0 Å². The summed E-state index contributed by atoms with van der Waals surface area (Å²) in [5.41, 5.74) is 6.21. The number of rotatable bonds is 3.